The van der Waals surface area contributed by atoms with E-state index in [1.807, 2.05) is 0 Å². The Kier molecular flexibility index (Phi) is 2.10. The van der Waals surface area contributed by atoms with Crippen LogP contribution in [0.25, 0.3) is 0 Å². The molecule has 0 aromatic heterocycles. The summed E-state index contributed by atoms with van der Waals surface area (Å²) in [6, 6.07) is 2.33. The quantitative estimate of drug-likeness (QED) is 0.525. The Balaban J connectivity index is 2.31. The van der Waals surface area contributed by atoms with Crippen LogP contribution in [0.4, 0.5) is 0 Å². The zero-order valence-electron chi connectivity index (χ0n) is 5.93. The van der Waals surface area contributed by atoms with Gasteiger partial charge in [-0.2, -0.15) is 5.26 Å². The molecule has 0 amide bonds. The van der Waals surface area contributed by atoms with Gasteiger partial charge in [0.2, 0.25) is 0 Å². The molecule has 0 N–H and O–H groups in total. The Bertz CT molecular complexity index is 123. The van der Waals surface area contributed by atoms with E-state index in [-0.39, 0.29) is 0 Å². The minimum Gasteiger partial charge on any atom is -0.198 e. The van der Waals surface area contributed by atoms with Crippen molar-refractivity contribution >= 4 is 0 Å². The summed E-state index contributed by atoms with van der Waals surface area (Å²) in [5.74, 6) is 1.24. The second kappa shape index (κ2) is 2.87. The Hall–Kier alpha value is -0.510. The maximum absolute atomic E-state index is 8.53. The average Bonchev–Trinajstić information content (AvgIpc) is 2.34. The Morgan fingerprint density at radius 1 is 1.56 bits per heavy atom. The fraction of sp³-hybridized carbons (Fsp3) is 0.875. The van der Waals surface area contributed by atoms with Crippen LogP contribution in [0.3, 0.4) is 0 Å². The number of rotatable bonds is 1. The van der Waals surface area contributed by atoms with Crippen LogP contribution in [0, 0.1) is 23.2 Å². The highest BCUT2D eigenvalue weighted by Gasteiger charge is 2.22. The van der Waals surface area contributed by atoms with Crippen molar-refractivity contribution in [2.75, 3.05) is 0 Å². The lowest BCUT2D eigenvalue weighted by Crippen LogP contribution is -1.91. The van der Waals surface area contributed by atoms with Gasteiger partial charge in [-0.05, 0) is 25.2 Å². The molecule has 0 aliphatic heterocycles. The van der Waals surface area contributed by atoms with E-state index in [0.717, 1.165) is 18.8 Å². The summed E-state index contributed by atoms with van der Waals surface area (Å²) in [5, 5.41) is 8.53. The number of nitriles is 1. The zero-order chi connectivity index (χ0) is 6.69. The number of hydrogen-bond donors (Lipinski definition) is 0. The first-order valence-corrected chi connectivity index (χ1v) is 3.76. The Labute approximate surface area is 56.7 Å². The van der Waals surface area contributed by atoms with Gasteiger partial charge in [0.1, 0.15) is 0 Å². The highest BCUT2D eigenvalue weighted by atomic mass is 14.3. The van der Waals surface area contributed by atoms with Crippen LogP contribution in [0.2, 0.25) is 0 Å². The predicted octanol–water partition coefficient (Wildman–Crippen LogP) is 2.34. The first kappa shape index (κ1) is 6.61. The van der Waals surface area contributed by atoms with Crippen molar-refractivity contribution in [2.45, 2.75) is 32.6 Å². The molecule has 1 heteroatoms. The largest absolute Gasteiger partial charge is 0.198 e. The maximum Gasteiger partial charge on any atom is 0.0655 e. The predicted molar refractivity (Wildman–Crippen MR) is 36.7 cm³/mol. The molecule has 1 aliphatic carbocycles. The molecular formula is C8H13N. The molecule has 1 aliphatic rings. The molecule has 1 nitrogen and oxygen atoms in total. The van der Waals surface area contributed by atoms with Crippen LogP contribution >= 0.6 is 0 Å². The summed E-state index contributed by atoms with van der Waals surface area (Å²) >= 11 is 0. The molecular weight excluding hydrogens is 110 g/mol. The van der Waals surface area contributed by atoms with Gasteiger partial charge in [-0.3, -0.25) is 0 Å². The topological polar surface area (TPSA) is 23.8 Å². The summed E-state index contributed by atoms with van der Waals surface area (Å²) in [5.41, 5.74) is 0. The molecule has 0 radical (unpaired) electrons. The van der Waals surface area contributed by atoms with Crippen molar-refractivity contribution in [1.82, 2.24) is 0 Å². The van der Waals surface area contributed by atoms with Gasteiger partial charge in [0.25, 0.3) is 0 Å². The third kappa shape index (κ3) is 1.45. The molecule has 1 rings (SSSR count). The van der Waals surface area contributed by atoms with E-state index in [9.17, 15) is 0 Å². The fourth-order valence-electron chi connectivity index (χ4n) is 1.56. The minimum absolute atomic E-state index is 0.384. The van der Waals surface area contributed by atoms with Crippen LogP contribution in [0.15, 0.2) is 0 Å². The van der Waals surface area contributed by atoms with Crippen molar-refractivity contribution in [3.05, 3.63) is 0 Å². The van der Waals surface area contributed by atoms with E-state index in [1.165, 1.54) is 12.8 Å². The summed E-state index contributed by atoms with van der Waals surface area (Å²) in [4.78, 5) is 0. The van der Waals surface area contributed by atoms with Gasteiger partial charge in [0, 0.05) is 5.92 Å². The van der Waals surface area contributed by atoms with Crippen LogP contribution < -0.4 is 0 Å². The molecule has 1 fully saturated rings. The van der Waals surface area contributed by atoms with Gasteiger partial charge in [-0.1, -0.05) is 13.3 Å². The van der Waals surface area contributed by atoms with Gasteiger partial charge in [0.05, 0.1) is 6.07 Å². The van der Waals surface area contributed by atoms with Crippen LogP contribution in [0.1, 0.15) is 32.6 Å². The van der Waals surface area contributed by atoms with E-state index >= 15 is 0 Å². The molecule has 1 saturated carbocycles. The highest BCUT2D eigenvalue weighted by molar-refractivity contribution is 4.89. The van der Waals surface area contributed by atoms with Gasteiger partial charge >= 0.3 is 0 Å². The van der Waals surface area contributed by atoms with Crippen LogP contribution in [0.5, 0.6) is 0 Å². The highest BCUT2D eigenvalue weighted by Crippen LogP contribution is 2.31. The minimum atomic E-state index is 0.384. The lowest BCUT2D eigenvalue weighted by Gasteiger charge is -2.01. The van der Waals surface area contributed by atoms with Crippen molar-refractivity contribution in [2.24, 2.45) is 11.8 Å². The molecule has 0 aromatic rings. The Morgan fingerprint density at radius 2 is 2.33 bits per heavy atom. The summed E-state index contributed by atoms with van der Waals surface area (Å²) in [6.07, 6.45) is 4.86. The normalized spacial score (nSPS) is 34.2. The van der Waals surface area contributed by atoms with Gasteiger partial charge in [0.15, 0.2) is 0 Å². The first-order valence-electron chi connectivity index (χ1n) is 3.76. The fourth-order valence-corrected chi connectivity index (χ4v) is 1.56. The van der Waals surface area contributed by atoms with E-state index in [4.69, 9.17) is 5.26 Å². The van der Waals surface area contributed by atoms with Gasteiger partial charge in [-0.25, -0.2) is 0 Å². The monoisotopic (exact) mass is 123 g/mol. The molecule has 0 bridgehead atoms. The molecule has 0 heterocycles. The molecule has 0 spiro atoms. The van der Waals surface area contributed by atoms with E-state index in [1.54, 1.807) is 0 Å². The van der Waals surface area contributed by atoms with Gasteiger partial charge < -0.3 is 0 Å². The molecule has 2 atom stereocenters. The first-order chi connectivity index (χ1) is 4.36. The molecule has 0 saturated heterocycles. The van der Waals surface area contributed by atoms with Crippen molar-refractivity contribution in [1.29, 1.82) is 5.26 Å². The third-order valence-electron chi connectivity index (χ3n) is 2.30. The average molecular weight is 123 g/mol. The standard InChI is InChI=1S/C8H13N/c1-2-7-3-4-8(5-7)6-9/h7-8H,2-5H2,1H3/t7-,8?/m1/s1. The summed E-state index contributed by atoms with van der Waals surface area (Å²) in [7, 11) is 0. The molecule has 9 heavy (non-hydrogen) atoms. The van der Waals surface area contributed by atoms with E-state index in [2.05, 4.69) is 13.0 Å². The van der Waals surface area contributed by atoms with E-state index < -0.39 is 0 Å². The van der Waals surface area contributed by atoms with Crippen molar-refractivity contribution in [3.8, 4) is 6.07 Å². The van der Waals surface area contributed by atoms with Crippen molar-refractivity contribution < 1.29 is 0 Å². The zero-order valence-corrected chi connectivity index (χ0v) is 5.93. The van der Waals surface area contributed by atoms with Gasteiger partial charge in [-0.15, -0.1) is 0 Å². The summed E-state index contributed by atoms with van der Waals surface area (Å²) < 4.78 is 0. The Morgan fingerprint density at radius 3 is 2.67 bits per heavy atom. The third-order valence-corrected chi connectivity index (χ3v) is 2.30. The number of nitrogens with zero attached hydrogens (tertiary/aromatic N) is 1. The van der Waals surface area contributed by atoms with E-state index in [0.29, 0.717) is 5.92 Å². The second-order valence-electron chi connectivity index (χ2n) is 2.91. The van der Waals surface area contributed by atoms with Crippen molar-refractivity contribution in [3.63, 3.8) is 0 Å². The summed E-state index contributed by atoms with van der Waals surface area (Å²) in [6.45, 7) is 2.21. The smallest absolute Gasteiger partial charge is 0.0655 e. The molecule has 0 aromatic carbocycles. The second-order valence-corrected chi connectivity index (χ2v) is 2.91. The lowest BCUT2D eigenvalue weighted by molar-refractivity contribution is 0.517. The SMILES string of the molecule is CC[C@@H]1CCC(C#N)C1. The molecule has 1 unspecified atom stereocenters. The molecule has 50 valence electrons. The lowest BCUT2D eigenvalue weighted by atomic mass is 10.0. The van der Waals surface area contributed by atoms with Crippen LogP contribution in [-0.4, -0.2) is 0 Å². The maximum atomic E-state index is 8.53. The number of hydrogen-bond acceptors (Lipinski definition) is 1. The van der Waals surface area contributed by atoms with Crippen LogP contribution in [-0.2, 0) is 0 Å².